The first-order valence-electron chi connectivity index (χ1n) is 10.7. The Bertz CT molecular complexity index is 1300. The van der Waals surface area contributed by atoms with Crippen LogP contribution in [0.4, 0.5) is 18.9 Å². The average Bonchev–Trinajstić information content (AvgIpc) is 2.80. The summed E-state index contributed by atoms with van der Waals surface area (Å²) in [6.45, 7) is 1.55. The lowest BCUT2D eigenvalue weighted by Gasteiger charge is -2.35. The molecule has 3 aromatic rings. The molecule has 0 fully saturated rings. The van der Waals surface area contributed by atoms with Crippen LogP contribution in [0.15, 0.2) is 45.7 Å². The van der Waals surface area contributed by atoms with Crippen LogP contribution in [0.1, 0.15) is 42.0 Å². The molecule has 180 valence electrons. The van der Waals surface area contributed by atoms with Crippen molar-refractivity contribution in [3.05, 3.63) is 63.6 Å². The van der Waals surface area contributed by atoms with E-state index in [1.54, 1.807) is 25.1 Å². The number of anilines is 1. The maximum Gasteiger partial charge on any atom is 0.426 e. The number of hydrogen-bond acceptors (Lipinski definition) is 6. The molecule has 1 heterocycles. The predicted molar refractivity (Wildman–Crippen MR) is 118 cm³/mol. The van der Waals surface area contributed by atoms with Crippen molar-refractivity contribution in [3.63, 3.8) is 0 Å². The van der Waals surface area contributed by atoms with Crippen LogP contribution in [0.2, 0.25) is 0 Å². The van der Waals surface area contributed by atoms with Crippen molar-refractivity contribution in [2.24, 2.45) is 0 Å². The Kier molecular flexibility index (Phi) is 6.11. The van der Waals surface area contributed by atoms with Crippen molar-refractivity contribution >= 4 is 22.4 Å². The molecule has 34 heavy (non-hydrogen) atoms. The number of methoxy groups -OCH3 is 1. The van der Waals surface area contributed by atoms with Crippen molar-refractivity contribution in [1.29, 1.82) is 0 Å². The third kappa shape index (κ3) is 4.25. The topological polar surface area (TPSA) is 102 Å². The van der Waals surface area contributed by atoms with Crippen molar-refractivity contribution < 1.29 is 32.3 Å². The van der Waals surface area contributed by atoms with Crippen molar-refractivity contribution in [1.82, 2.24) is 5.16 Å². The number of rotatable bonds is 5. The molecule has 0 aliphatic heterocycles. The van der Waals surface area contributed by atoms with Gasteiger partial charge in [0.05, 0.1) is 18.2 Å². The summed E-state index contributed by atoms with van der Waals surface area (Å²) in [5, 5.41) is 17.0. The number of hydrogen-bond donors (Lipinski definition) is 2. The van der Waals surface area contributed by atoms with Crippen molar-refractivity contribution in [2.75, 3.05) is 12.4 Å². The maximum atomic E-state index is 14.1. The molecule has 4 rings (SSSR count). The molecule has 7 nitrogen and oxygen atoms in total. The first-order valence-corrected chi connectivity index (χ1v) is 10.7. The quantitative estimate of drug-likeness (QED) is 0.571. The van der Waals surface area contributed by atoms with E-state index in [-0.39, 0.29) is 11.1 Å². The number of carbonyl (C=O) groups is 1. The molecule has 0 saturated carbocycles. The second kappa shape index (κ2) is 8.75. The van der Waals surface area contributed by atoms with Crippen LogP contribution in [0.3, 0.4) is 0 Å². The van der Waals surface area contributed by atoms with Gasteiger partial charge in [0.25, 0.3) is 5.91 Å². The van der Waals surface area contributed by atoms with Crippen LogP contribution in [0.25, 0.3) is 10.8 Å². The molecule has 2 unspecified atom stereocenters. The zero-order valence-electron chi connectivity index (χ0n) is 18.5. The number of benzene rings is 2. The highest BCUT2D eigenvalue weighted by Gasteiger charge is 2.60. The fourth-order valence-corrected chi connectivity index (χ4v) is 4.47. The molecule has 1 aromatic heterocycles. The smallest absolute Gasteiger partial charge is 0.426 e. The number of carbonyl (C=O) groups excluding carboxylic acids is 1. The Morgan fingerprint density at radius 1 is 1.24 bits per heavy atom. The average molecular weight is 476 g/mol. The number of ether oxygens (including phenoxy) is 1. The molecule has 0 spiro atoms. The second-order valence-corrected chi connectivity index (χ2v) is 8.49. The summed E-state index contributed by atoms with van der Waals surface area (Å²) in [7, 11) is 1.51. The van der Waals surface area contributed by atoms with Crippen LogP contribution in [-0.2, 0) is 11.2 Å². The van der Waals surface area contributed by atoms with Crippen LogP contribution in [0.5, 0.6) is 5.75 Å². The molecule has 0 radical (unpaired) electrons. The largest absolute Gasteiger partial charge is 0.497 e. The minimum atomic E-state index is -5.21. The summed E-state index contributed by atoms with van der Waals surface area (Å²) in [5.74, 6) is -1.66. The van der Waals surface area contributed by atoms with E-state index in [2.05, 4.69) is 15.0 Å². The van der Waals surface area contributed by atoms with Gasteiger partial charge in [-0.2, -0.15) is 13.2 Å². The van der Waals surface area contributed by atoms with Gasteiger partial charge in [0.15, 0.2) is 0 Å². The maximum absolute atomic E-state index is 14.1. The number of aryl methyl sites for hydroxylation is 2. The number of halogens is 3. The molecule has 1 amide bonds. The van der Waals surface area contributed by atoms with Crippen molar-refractivity contribution in [3.8, 4) is 5.75 Å². The van der Waals surface area contributed by atoms with Crippen LogP contribution >= 0.6 is 0 Å². The highest BCUT2D eigenvalue weighted by Crippen LogP contribution is 2.44. The van der Waals surface area contributed by atoms with Gasteiger partial charge in [0, 0.05) is 17.5 Å². The van der Waals surface area contributed by atoms with Crippen LogP contribution < -0.4 is 15.7 Å². The van der Waals surface area contributed by atoms with Gasteiger partial charge in [-0.15, -0.1) is 0 Å². The van der Waals surface area contributed by atoms with Gasteiger partial charge in [-0.05, 0) is 73.6 Å². The number of aliphatic hydroxyl groups is 1. The molecule has 1 aliphatic carbocycles. The van der Waals surface area contributed by atoms with Crippen LogP contribution in [-0.4, -0.2) is 35.1 Å². The number of amides is 1. The molecule has 1 aliphatic rings. The van der Waals surface area contributed by atoms with Gasteiger partial charge in [0.1, 0.15) is 5.75 Å². The van der Waals surface area contributed by atoms with E-state index in [4.69, 9.17) is 4.74 Å². The third-order valence-corrected chi connectivity index (χ3v) is 6.33. The summed E-state index contributed by atoms with van der Waals surface area (Å²) >= 11 is 0. The normalized spacial score (nSPS) is 17.6. The first kappa shape index (κ1) is 23.7. The fourth-order valence-electron chi connectivity index (χ4n) is 4.47. The molecule has 0 bridgehead atoms. The Balaban J connectivity index is 1.65. The van der Waals surface area contributed by atoms with E-state index >= 15 is 0 Å². The van der Waals surface area contributed by atoms with E-state index < -0.39 is 35.6 Å². The summed E-state index contributed by atoms with van der Waals surface area (Å²) < 4.78 is 52.1. The van der Waals surface area contributed by atoms with Gasteiger partial charge >= 0.3 is 11.8 Å². The molecular formula is C24H23F3N2O5. The third-order valence-electron chi connectivity index (χ3n) is 6.33. The van der Waals surface area contributed by atoms with E-state index in [1.807, 2.05) is 0 Å². The molecular weight excluding hydrogens is 453 g/mol. The highest BCUT2D eigenvalue weighted by atomic mass is 19.4. The summed E-state index contributed by atoms with van der Waals surface area (Å²) in [6.07, 6.45) is -4.32. The van der Waals surface area contributed by atoms with E-state index in [0.717, 1.165) is 5.56 Å². The lowest BCUT2D eigenvalue weighted by atomic mass is 9.76. The Labute approximate surface area is 192 Å². The van der Waals surface area contributed by atoms with Gasteiger partial charge in [-0.1, -0.05) is 11.2 Å². The minimum Gasteiger partial charge on any atom is -0.497 e. The number of nitrogens with one attached hydrogen (secondary N) is 1. The summed E-state index contributed by atoms with van der Waals surface area (Å²) in [4.78, 5) is 24.7. The standard InChI is InChI=1S/C24H23F3N2O5/c1-13-20-11-16(6-8-19(20)21(30)34-29-13)28-22(31)23(32,24(25,26)27)12-15-5-3-4-14-10-17(33-2)7-9-18(14)15/h6-11,15,32H,3-5,12H2,1-2H3,(H,28,31). The van der Waals surface area contributed by atoms with Gasteiger partial charge < -0.3 is 19.7 Å². The molecule has 2 atom stereocenters. The van der Waals surface area contributed by atoms with Gasteiger partial charge in [0.2, 0.25) is 5.60 Å². The molecule has 2 N–H and O–H groups in total. The summed E-state index contributed by atoms with van der Waals surface area (Å²) in [5.41, 5.74) is -2.50. The number of nitrogens with zero attached hydrogens (tertiary/aromatic N) is 1. The number of aromatic nitrogens is 1. The number of fused-ring (bicyclic) bond motifs is 2. The van der Waals surface area contributed by atoms with E-state index in [1.165, 1.54) is 25.3 Å². The van der Waals surface area contributed by atoms with E-state index in [9.17, 15) is 27.9 Å². The Morgan fingerprint density at radius 2 is 2.00 bits per heavy atom. The Hall–Kier alpha value is -3.40. The molecule has 10 heteroatoms. The Morgan fingerprint density at radius 3 is 2.71 bits per heavy atom. The minimum absolute atomic E-state index is 0.00976. The molecule has 2 aromatic carbocycles. The van der Waals surface area contributed by atoms with Crippen molar-refractivity contribution in [2.45, 2.75) is 50.3 Å². The zero-order chi connectivity index (χ0) is 24.7. The molecule has 0 saturated heterocycles. The second-order valence-electron chi connectivity index (χ2n) is 8.49. The fraction of sp³-hybridized carbons (Fsp3) is 0.375. The summed E-state index contributed by atoms with van der Waals surface area (Å²) in [6, 6.07) is 9.05. The van der Waals surface area contributed by atoms with Crippen LogP contribution in [0, 0.1) is 6.92 Å². The van der Waals surface area contributed by atoms with E-state index in [0.29, 0.717) is 41.7 Å². The zero-order valence-corrected chi connectivity index (χ0v) is 18.5. The highest BCUT2D eigenvalue weighted by molar-refractivity contribution is 5.99. The number of alkyl halides is 3. The predicted octanol–water partition coefficient (Wildman–Crippen LogP) is 4.25. The van der Waals surface area contributed by atoms with Gasteiger partial charge in [-0.3, -0.25) is 4.79 Å². The SMILES string of the molecule is COc1ccc2c(c1)CCCC2CC(O)(C(=O)Nc1ccc2c(=O)onc(C)c2c1)C(F)(F)F. The lowest BCUT2D eigenvalue weighted by Crippen LogP contribution is -2.55. The lowest BCUT2D eigenvalue weighted by molar-refractivity contribution is -0.252. The monoisotopic (exact) mass is 476 g/mol. The van der Waals surface area contributed by atoms with Gasteiger partial charge in [-0.25, -0.2) is 4.79 Å². The first-order chi connectivity index (χ1) is 16.0.